The molecule has 1 N–H and O–H groups in total. The fourth-order valence-corrected chi connectivity index (χ4v) is 2.97. The number of nitrogens with zero attached hydrogens (tertiary/aromatic N) is 2. The number of para-hydroxylation sites is 1. The number of fused-ring (bicyclic) bond motifs is 1. The first-order valence-corrected chi connectivity index (χ1v) is 9.11. The fraction of sp³-hybridized carbons (Fsp3) is 0.0952. The van der Waals surface area contributed by atoms with Crippen molar-refractivity contribution < 1.29 is 13.9 Å². The molecule has 4 rings (SSSR count). The van der Waals surface area contributed by atoms with Crippen molar-refractivity contribution in [1.82, 2.24) is 9.78 Å². The normalized spacial score (nSPS) is 10.7. The average Bonchev–Trinajstić information content (AvgIpc) is 3.06. The van der Waals surface area contributed by atoms with E-state index in [1.54, 1.807) is 0 Å². The predicted octanol–water partition coefficient (Wildman–Crippen LogP) is 4.58. The van der Waals surface area contributed by atoms with E-state index in [4.69, 9.17) is 21.4 Å². The molecule has 6 nitrogen and oxygen atoms in total. The molecule has 1 heterocycles. The Hall–Kier alpha value is -3.45. The van der Waals surface area contributed by atoms with Crippen LogP contribution in [0.25, 0.3) is 10.8 Å². The van der Waals surface area contributed by atoms with Crippen LogP contribution in [0.1, 0.15) is 5.89 Å². The van der Waals surface area contributed by atoms with Gasteiger partial charge in [0.2, 0.25) is 5.91 Å². The molecule has 28 heavy (non-hydrogen) atoms. The van der Waals surface area contributed by atoms with Crippen LogP contribution in [0.4, 0.5) is 5.69 Å². The number of aromatic nitrogens is 2. The zero-order chi connectivity index (χ0) is 19.3. The molecule has 0 aliphatic heterocycles. The summed E-state index contributed by atoms with van der Waals surface area (Å²) in [6.45, 7) is 0.0907. The van der Waals surface area contributed by atoms with E-state index in [9.17, 15) is 4.79 Å². The zero-order valence-electron chi connectivity index (χ0n) is 14.9. The summed E-state index contributed by atoms with van der Waals surface area (Å²) in [4.78, 5) is 12.5. The number of nitrogens with one attached hydrogen (secondary N) is 1. The Labute approximate surface area is 166 Å². The third-order valence-electron chi connectivity index (χ3n) is 4.08. The molecule has 0 aliphatic carbocycles. The molecular formula is C21H17N3O3S. The van der Waals surface area contributed by atoms with Crippen molar-refractivity contribution in [2.75, 3.05) is 5.32 Å². The standard InChI is InChI=1S/C21H17N3O3S/c25-19(22-17-11-10-15-6-4-5-7-16(15)12-17)13-24-21(28)27-20(23-24)14-26-18-8-2-1-3-9-18/h1-12H,13-14H2,(H,22,25). The topological polar surface area (TPSA) is 69.3 Å². The number of rotatable bonds is 6. The zero-order valence-corrected chi connectivity index (χ0v) is 15.7. The number of carbonyl (C=O) groups is 1. The summed E-state index contributed by atoms with van der Waals surface area (Å²) in [5.74, 6) is 0.773. The van der Waals surface area contributed by atoms with Crippen molar-refractivity contribution in [3.8, 4) is 5.75 Å². The molecule has 0 aliphatic rings. The van der Waals surface area contributed by atoms with E-state index in [1.807, 2.05) is 72.8 Å². The Kier molecular flexibility index (Phi) is 5.16. The number of benzene rings is 3. The van der Waals surface area contributed by atoms with Crippen LogP contribution >= 0.6 is 12.2 Å². The Morgan fingerprint density at radius 3 is 2.61 bits per heavy atom. The van der Waals surface area contributed by atoms with Crippen molar-refractivity contribution >= 4 is 34.6 Å². The molecule has 0 fully saturated rings. The van der Waals surface area contributed by atoms with E-state index in [2.05, 4.69) is 10.4 Å². The van der Waals surface area contributed by atoms with Crippen LogP contribution < -0.4 is 10.1 Å². The van der Waals surface area contributed by atoms with Crippen molar-refractivity contribution in [2.45, 2.75) is 13.2 Å². The first kappa shape index (κ1) is 17.9. The minimum Gasteiger partial charge on any atom is -0.484 e. The molecule has 7 heteroatoms. The maximum atomic E-state index is 12.4. The number of hydrogen-bond acceptors (Lipinski definition) is 5. The van der Waals surface area contributed by atoms with E-state index in [0.717, 1.165) is 10.8 Å². The van der Waals surface area contributed by atoms with Crippen LogP contribution in [0.3, 0.4) is 0 Å². The summed E-state index contributed by atoms with van der Waals surface area (Å²) in [7, 11) is 0. The molecule has 3 aromatic carbocycles. The van der Waals surface area contributed by atoms with Gasteiger partial charge in [-0.3, -0.25) is 4.79 Å². The number of carbonyl (C=O) groups excluding carboxylic acids is 1. The first-order chi connectivity index (χ1) is 13.7. The molecule has 140 valence electrons. The minimum atomic E-state index is -0.241. The summed E-state index contributed by atoms with van der Waals surface area (Å²) in [6.07, 6.45) is 0. The maximum absolute atomic E-state index is 12.4. The molecule has 0 atom stereocenters. The number of hydrogen-bond donors (Lipinski definition) is 1. The van der Waals surface area contributed by atoms with Crippen molar-refractivity contribution in [1.29, 1.82) is 0 Å². The van der Waals surface area contributed by atoms with Crippen molar-refractivity contribution in [3.63, 3.8) is 0 Å². The van der Waals surface area contributed by atoms with E-state index in [1.165, 1.54) is 4.68 Å². The summed E-state index contributed by atoms with van der Waals surface area (Å²) < 4.78 is 12.3. The van der Waals surface area contributed by atoms with E-state index in [0.29, 0.717) is 17.3 Å². The molecule has 0 bridgehead atoms. The Bertz CT molecular complexity index is 1170. The van der Waals surface area contributed by atoms with Gasteiger partial charge >= 0.3 is 0 Å². The Balaban J connectivity index is 1.39. The lowest BCUT2D eigenvalue weighted by molar-refractivity contribution is -0.117. The van der Waals surface area contributed by atoms with Gasteiger partial charge in [0.1, 0.15) is 12.3 Å². The highest BCUT2D eigenvalue weighted by Crippen LogP contribution is 2.19. The lowest BCUT2D eigenvalue weighted by Gasteiger charge is -2.06. The van der Waals surface area contributed by atoms with Gasteiger partial charge in [-0.15, -0.1) is 5.10 Å². The van der Waals surface area contributed by atoms with Gasteiger partial charge in [-0.05, 0) is 47.3 Å². The summed E-state index contributed by atoms with van der Waals surface area (Å²) >= 11 is 5.15. The van der Waals surface area contributed by atoms with Crippen LogP contribution in [0.2, 0.25) is 0 Å². The van der Waals surface area contributed by atoms with Crippen molar-refractivity contribution in [3.05, 3.63) is 83.5 Å². The number of amides is 1. The Morgan fingerprint density at radius 2 is 1.79 bits per heavy atom. The molecular weight excluding hydrogens is 374 g/mol. The quantitative estimate of drug-likeness (QED) is 0.487. The molecule has 1 aromatic heterocycles. The largest absolute Gasteiger partial charge is 0.484 e. The van der Waals surface area contributed by atoms with Gasteiger partial charge in [0.15, 0.2) is 6.61 Å². The number of anilines is 1. The molecule has 0 unspecified atom stereocenters. The Morgan fingerprint density at radius 1 is 1.04 bits per heavy atom. The van der Waals surface area contributed by atoms with E-state index < -0.39 is 0 Å². The predicted molar refractivity (Wildman–Crippen MR) is 109 cm³/mol. The first-order valence-electron chi connectivity index (χ1n) is 8.71. The van der Waals surface area contributed by atoms with E-state index >= 15 is 0 Å². The van der Waals surface area contributed by atoms with Gasteiger partial charge in [0.25, 0.3) is 10.7 Å². The third kappa shape index (κ3) is 4.27. The second-order valence-corrected chi connectivity index (χ2v) is 6.48. The minimum absolute atomic E-state index is 0.0412. The van der Waals surface area contributed by atoms with Crippen LogP contribution in [-0.4, -0.2) is 15.7 Å². The lowest BCUT2D eigenvalue weighted by atomic mass is 10.1. The van der Waals surface area contributed by atoms with Crippen LogP contribution in [-0.2, 0) is 17.9 Å². The second kappa shape index (κ2) is 8.06. The molecule has 4 aromatic rings. The molecule has 0 spiro atoms. The highest BCUT2D eigenvalue weighted by molar-refractivity contribution is 7.71. The summed E-state index contributed by atoms with van der Waals surface area (Å²) in [6, 6.07) is 23.0. The highest BCUT2D eigenvalue weighted by atomic mass is 32.1. The highest BCUT2D eigenvalue weighted by Gasteiger charge is 2.11. The van der Waals surface area contributed by atoms with Gasteiger partial charge in [-0.1, -0.05) is 48.5 Å². The maximum Gasteiger partial charge on any atom is 0.287 e. The summed E-state index contributed by atoms with van der Waals surface area (Å²) in [5.41, 5.74) is 0.714. The van der Waals surface area contributed by atoms with Crippen LogP contribution in [0.15, 0.2) is 77.2 Å². The average molecular weight is 391 g/mol. The van der Waals surface area contributed by atoms with Gasteiger partial charge in [-0.25, -0.2) is 4.68 Å². The van der Waals surface area contributed by atoms with Gasteiger partial charge < -0.3 is 14.5 Å². The molecule has 1 amide bonds. The molecule has 0 saturated carbocycles. The van der Waals surface area contributed by atoms with Crippen LogP contribution in [0.5, 0.6) is 5.75 Å². The SMILES string of the molecule is O=C(Cn1nc(COc2ccccc2)oc1=S)Nc1ccc2ccccc2c1. The van der Waals surface area contributed by atoms with Gasteiger partial charge in [0, 0.05) is 5.69 Å². The second-order valence-electron chi connectivity index (χ2n) is 6.13. The van der Waals surface area contributed by atoms with Crippen molar-refractivity contribution in [2.24, 2.45) is 0 Å². The molecule has 0 radical (unpaired) electrons. The molecule has 0 saturated heterocycles. The third-order valence-corrected chi connectivity index (χ3v) is 4.37. The lowest BCUT2D eigenvalue weighted by Crippen LogP contribution is -2.19. The van der Waals surface area contributed by atoms with Gasteiger partial charge in [0.05, 0.1) is 0 Å². The van der Waals surface area contributed by atoms with Crippen LogP contribution in [0, 0.1) is 4.84 Å². The monoisotopic (exact) mass is 391 g/mol. The summed E-state index contributed by atoms with van der Waals surface area (Å²) in [5, 5.41) is 9.24. The van der Waals surface area contributed by atoms with E-state index in [-0.39, 0.29) is 23.9 Å². The fourth-order valence-electron chi connectivity index (χ4n) is 2.77. The van der Waals surface area contributed by atoms with Gasteiger partial charge in [-0.2, -0.15) is 0 Å². The smallest absolute Gasteiger partial charge is 0.287 e. The number of ether oxygens (including phenoxy) is 1.